The predicted molar refractivity (Wildman–Crippen MR) is 141 cm³/mol. The van der Waals surface area contributed by atoms with Crippen molar-refractivity contribution in [1.29, 1.82) is 0 Å². The van der Waals surface area contributed by atoms with Crippen LogP contribution in [-0.4, -0.2) is 27.6 Å². The standard InChI is InChI=1S/C28H36N2O2S/c1-9-14-30-25(32)23(33-26(30)29-20-12-10-18(2)11-13-20)17-19-15-21(27(3,4)5)24(31)22(16-19)28(6,7)8/h10-13,15-17,31H,9,14H2,1-8H3/b23-17+,29-26?. The van der Waals surface area contributed by atoms with Crippen LogP contribution >= 0.6 is 11.8 Å². The molecular weight excluding hydrogens is 428 g/mol. The molecule has 1 aliphatic rings. The molecule has 0 bridgehead atoms. The van der Waals surface area contributed by atoms with Gasteiger partial charge in [0.05, 0.1) is 10.6 Å². The van der Waals surface area contributed by atoms with Gasteiger partial charge in [-0.1, -0.05) is 66.2 Å². The number of aryl methyl sites for hydroxylation is 1. The molecule has 0 saturated carbocycles. The Balaban J connectivity index is 2.08. The van der Waals surface area contributed by atoms with Crippen LogP contribution in [0.2, 0.25) is 0 Å². The van der Waals surface area contributed by atoms with Crippen molar-refractivity contribution in [3.63, 3.8) is 0 Å². The van der Waals surface area contributed by atoms with Crippen LogP contribution in [-0.2, 0) is 15.6 Å². The molecule has 1 fully saturated rings. The molecule has 2 aromatic rings. The van der Waals surface area contributed by atoms with Crippen LogP contribution in [0.1, 0.15) is 77.1 Å². The Hall–Kier alpha value is -2.53. The number of thioether (sulfide) groups is 1. The van der Waals surface area contributed by atoms with E-state index in [1.807, 2.05) is 49.4 Å². The molecule has 0 unspecified atom stereocenters. The van der Waals surface area contributed by atoms with Crippen LogP contribution in [0.15, 0.2) is 46.3 Å². The summed E-state index contributed by atoms with van der Waals surface area (Å²) in [6, 6.07) is 12.0. The number of rotatable bonds is 4. The lowest BCUT2D eigenvalue weighted by Gasteiger charge is -2.28. The highest BCUT2D eigenvalue weighted by molar-refractivity contribution is 8.18. The number of amides is 1. The molecule has 0 atom stereocenters. The second-order valence-electron chi connectivity index (χ2n) is 10.8. The zero-order valence-electron chi connectivity index (χ0n) is 21.1. The summed E-state index contributed by atoms with van der Waals surface area (Å²) < 4.78 is 0. The van der Waals surface area contributed by atoms with E-state index in [9.17, 15) is 9.90 Å². The summed E-state index contributed by atoms with van der Waals surface area (Å²) in [7, 11) is 0. The number of hydrogen-bond acceptors (Lipinski definition) is 4. The lowest BCUT2D eigenvalue weighted by Crippen LogP contribution is -2.29. The van der Waals surface area contributed by atoms with E-state index in [0.717, 1.165) is 28.8 Å². The minimum absolute atomic E-state index is 0.0181. The molecule has 1 aliphatic heterocycles. The molecule has 1 saturated heterocycles. The van der Waals surface area contributed by atoms with Gasteiger partial charge in [0, 0.05) is 17.7 Å². The van der Waals surface area contributed by atoms with Crippen LogP contribution < -0.4 is 0 Å². The average Bonchev–Trinajstić information content (AvgIpc) is 2.98. The van der Waals surface area contributed by atoms with Gasteiger partial charge in [-0.15, -0.1) is 0 Å². The molecule has 1 amide bonds. The van der Waals surface area contributed by atoms with Gasteiger partial charge in [-0.3, -0.25) is 9.69 Å². The summed E-state index contributed by atoms with van der Waals surface area (Å²) in [5, 5.41) is 11.7. The molecule has 0 aliphatic carbocycles. The third kappa shape index (κ3) is 5.70. The lowest BCUT2D eigenvalue weighted by atomic mass is 9.78. The van der Waals surface area contributed by atoms with E-state index in [0.29, 0.717) is 22.4 Å². The van der Waals surface area contributed by atoms with Gasteiger partial charge in [0.2, 0.25) is 0 Å². The lowest BCUT2D eigenvalue weighted by molar-refractivity contribution is -0.122. The quantitative estimate of drug-likeness (QED) is 0.483. The zero-order valence-corrected chi connectivity index (χ0v) is 21.9. The largest absolute Gasteiger partial charge is 0.507 e. The number of carbonyl (C=O) groups is 1. The number of phenolic OH excluding ortho intramolecular Hbond substituents is 1. The van der Waals surface area contributed by atoms with Gasteiger partial charge in [0.25, 0.3) is 5.91 Å². The highest BCUT2D eigenvalue weighted by Crippen LogP contribution is 2.41. The summed E-state index contributed by atoms with van der Waals surface area (Å²) in [5.41, 5.74) is 4.26. The van der Waals surface area contributed by atoms with E-state index in [1.165, 1.54) is 17.3 Å². The Morgan fingerprint density at radius 3 is 2.03 bits per heavy atom. The maximum absolute atomic E-state index is 13.3. The number of carbonyl (C=O) groups excluding carboxylic acids is 1. The van der Waals surface area contributed by atoms with E-state index in [4.69, 9.17) is 4.99 Å². The van der Waals surface area contributed by atoms with Gasteiger partial charge in [0.15, 0.2) is 5.17 Å². The fourth-order valence-corrected chi connectivity index (χ4v) is 4.80. The summed E-state index contributed by atoms with van der Waals surface area (Å²) >= 11 is 1.42. The predicted octanol–water partition coefficient (Wildman–Crippen LogP) is 7.31. The van der Waals surface area contributed by atoms with Gasteiger partial charge in [-0.2, -0.15) is 0 Å². The first-order valence-electron chi connectivity index (χ1n) is 11.6. The van der Waals surface area contributed by atoms with Crippen molar-refractivity contribution >= 4 is 34.6 Å². The third-order valence-electron chi connectivity index (χ3n) is 5.64. The summed E-state index contributed by atoms with van der Waals surface area (Å²) in [6.45, 7) is 17.3. The fraction of sp³-hybridized carbons (Fsp3) is 0.429. The Morgan fingerprint density at radius 2 is 1.55 bits per heavy atom. The maximum atomic E-state index is 13.3. The van der Waals surface area contributed by atoms with E-state index in [1.54, 1.807) is 4.90 Å². The van der Waals surface area contributed by atoms with Crippen molar-refractivity contribution in [2.24, 2.45) is 4.99 Å². The smallest absolute Gasteiger partial charge is 0.266 e. The van der Waals surface area contributed by atoms with Crippen LogP contribution in [0.25, 0.3) is 6.08 Å². The maximum Gasteiger partial charge on any atom is 0.266 e. The van der Waals surface area contributed by atoms with Crippen molar-refractivity contribution in [3.8, 4) is 5.75 Å². The topological polar surface area (TPSA) is 52.9 Å². The molecule has 4 nitrogen and oxygen atoms in total. The average molecular weight is 465 g/mol. The number of nitrogens with zero attached hydrogens (tertiary/aromatic N) is 2. The molecule has 0 radical (unpaired) electrons. The minimum atomic E-state index is -0.224. The zero-order chi connectivity index (χ0) is 24.6. The number of phenols is 1. The van der Waals surface area contributed by atoms with Crippen molar-refractivity contribution in [1.82, 2.24) is 4.90 Å². The van der Waals surface area contributed by atoms with Crippen molar-refractivity contribution in [2.45, 2.75) is 72.6 Å². The Bertz CT molecular complexity index is 1070. The first kappa shape index (κ1) is 25.1. The number of benzene rings is 2. The monoisotopic (exact) mass is 464 g/mol. The Kier molecular flexibility index (Phi) is 7.13. The van der Waals surface area contributed by atoms with E-state index < -0.39 is 0 Å². The number of hydrogen-bond donors (Lipinski definition) is 1. The molecule has 1 N–H and O–H groups in total. The first-order valence-corrected chi connectivity index (χ1v) is 12.4. The van der Waals surface area contributed by atoms with Gasteiger partial charge >= 0.3 is 0 Å². The van der Waals surface area contributed by atoms with E-state index in [-0.39, 0.29) is 16.7 Å². The molecule has 176 valence electrons. The molecule has 33 heavy (non-hydrogen) atoms. The first-order chi connectivity index (χ1) is 15.3. The molecule has 0 aromatic heterocycles. The van der Waals surface area contributed by atoms with E-state index in [2.05, 4.69) is 48.5 Å². The molecule has 2 aromatic carbocycles. The van der Waals surface area contributed by atoms with Crippen molar-refractivity contribution < 1.29 is 9.90 Å². The summed E-state index contributed by atoms with van der Waals surface area (Å²) in [5.74, 6) is 0.326. The van der Waals surface area contributed by atoms with E-state index >= 15 is 0 Å². The van der Waals surface area contributed by atoms with Gasteiger partial charge in [-0.05, 0) is 71.8 Å². The molecule has 3 rings (SSSR count). The second kappa shape index (κ2) is 9.38. The summed E-state index contributed by atoms with van der Waals surface area (Å²) in [4.78, 5) is 20.5. The highest BCUT2D eigenvalue weighted by atomic mass is 32.2. The SMILES string of the molecule is CCCN1C(=O)/C(=C\c2cc(C(C)(C)C)c(O)c(C(C)(C)C)c2)SC1=Nc1ccc(C)cc1. The molecule has 1 heterocycles. The Morgan fingerprint density at radius 1 is 1.00 bits per heavy atom. The number of aromatic hydroxyl groups is 1. The molecule has 5 heteroatoms. The van der Waals surface area contributed by atoms with Crippen LogP contribution in [0.4, 0.5) is 5.69 Å². The van der Waals surface area contributed by atoms with Crippen molar-refractivity contribution in [3.05, 3.63) is 63.6 Å². The highest BCUT2D eigenvalue weighted by Gasteiger charge is 2.33. The minimum Gasteiger partial charge on any atom is -0.507 e. The third-order valence-corrected chi connectivity index (χ3v) is 6.65. The number of aliphatic imine (C=N–C) groups is 1. The molecular formula is C28H36N2O2S. The number of amidine groups is 1. The normalized spacial score (nSPS) is 17.5. The van der Waals surface area contributed by atoms with Gasteiger partial charge in [0.1, 0.15) is 5.75 Å². The summed E-state index contributed by atoms with van der Waals surface area (Å²) in [6.07, 6.45) is 2.80. The van der Waals surface area contributed by atoms with Gasteiger partial charge in [-0.25, -0.2) is 4.99 Å². The Labute approximate surface area is 202 Å². The van der Waals surface area contributed by atoms with Crippen LogP contribution in [0.3, 0.4) is 0 Å². The van der Waals surface area contributed by atoms with Gasteiger partial charge < -0.3 is 5.11 Å². The second-order valence-corrected chi connectivity index (χ2v) is 11.8. The van der Waals surface area contributed by atoms with Crippen molar-refractivity contribution in [2.75, 3.05) is 6.54 Å². The van der Waals surface area contributed by atoms with Crippen LogP contribution in [0, 0.1) is 6.92 Å². The molecule has 0 spiro atoms. The fourth-order valence-electron chi connectivity index (χ4n) is 3.78. The van der Waals surface area contributed by atoms with Crippen LogP contribution in [0.5, 0.6) is 5.75 Å².